The van der Waals surface area contributed by atoms with Crippen molar-refractivity contribution in [2.24, 2.45) is 0 Å². The first kappa shape index (κ1) is 14.2. The van der Waals surface area contributed by atoms with Crippen LogP contribution in [0.25, 0.3) is 22.5 Å². The lowest BCUT2D eigenvalue weighted by Crippen LogP contribution is -2.04. The van der Waals surface area contributed by atoms with Crippen molar-refractivity contribution in [2.45, 2.75) is 6.54 Å². The second-order valence-corrected chi connectivity index (χ2v) is 4.94. The van der Waals surface area contributed by atoms with Crippen molar-refractivity contribution in [3.8, 4) is 11.6 Å². The summed E-state index contributed by atoms with van der Waals surface area (Å²) in [6.45, 7) is 0.263. The molecule has 3 heterocycles. The SMILES string of the molecule is Fc1cc2ncnc(NCc3nc(-c4ccco4)n[nH]3)c2cc1F. The van der Waals surface area contributed by atoms with Crippen LogP contribution in [0.2, 0.25) is 0 Å². The standard InChI is InChI=1S/C15H10F2N6O/c16-9-4-8-11(5-10(9)17)19-7-20-14(8)18-6-13-21-15(23-22-13)12-2-1-3-24-12/h1-5,7H,6H2,(H,18,19,20)(H,21,22,23). The first-order chi connectivity index (χ1) is 11.7. The number of rotatable bonds is 4. The van der Waals surface area contributed by atoms with Crippen LogP contribution in [0.3, 0.4) is 0 Å². The van der Waals surface area contributed by atoms with E-state index in [2.05, 4.69) is 30.5 Å². The third-order valence-electron chi connectivity index (χ3n) is 3.37. The fourth-order valence-electron chi connectivity index (χ4n) is 2.25. The summed E-state index contributed by atoms with van der Waals surface area (Å²) in [5.41, 5.74) is 0.306. The lowest BCUT2D eigenvalue weighted by molar-refractivity contribution is 0.510. The van der Waals surface area contributed by atoms with Gasteiger partial charge in [-0.1, -0.05) is 0 Å². The van der Waals surface area contributed by atoms with Gasteiger partial charge in [0.1, 0.15) is 18.0 Å². The molecule has 4 rings (SSSR count). The molecule has 0 atom stereocenters. The summed E-state index contributed by atoms with van der Waals surface area (Å²) in [6.07, 6.45) is 2.81. The zero-order chi connectivity index (χ0) is 16.5. The number of aromatic nitrogens is 5. The average molecular weight is 328 g/mol. The maximum atomic E-state index is 13.5. The Morgan fingerprint density at radius 1 is 1.17 bits per heavy atom. The van der Waals surface area contributed by atoms with Gasteiger partial charge < -0.3 is 9.73 Å². The first-order valence-electron chi connectivity index (χ1n) is 6.99. The van der Waals surface area contributed by atoms with Gasteiger partial charge in [-0.15, -0.1) is 5.10 Å². The van der Waals surface area contributed by atoms with E-state index >= 15 is 0 Å². The molecule has 0 unspecified atom stereocenters. The summed E-state index contributed by atoms with van der Waals surface area (Å²) >= 11 is 0. The monoisotopic (exact) mass is 328 g/mol. The molecule has 120 valence electrons. The number of H-pyrrole nitrogens is 1. The predicted octanol–water partition coefficient (Wildman–Crippen LogP) is 2.90. The smallest absolute Gasteiger partial charge is 0.216 e. The molecule has 0 aliphatic heterocycles. The molecule has 24 heavy (non-hydrogen) atoms. The molecule has 3 aromatic heterocycles. The fraction of sp³-hybridized carbons (Fsp3) is 0.0667. The number of fused-ring (bicyclic) bond motifs is 1. The second kappa shape index (κ2) is 5.69. The molecule has 0 fully saturated rings. The van der Waals surface area contributed by atoms with E-state index in [0.29, 0.717) is 34.1 Å². The Balaban J connectivity index is 1.58. The van der Waals surface area contributed by atoms with Crippen LogP contribution in [0.5, 0.6) is 0 Å². The number of benzene rings is 1. The van der Waals surface area contributed by atoms with Gasteiger partial charge in [0.2, 0.25) is 5.82 Å². The third kappa shape index (κ3) is 2.56. The Kier molecular flexibility index (Phi) is 3.38. The number of nitrogens with one attached hydrogen (secondary N) is 2. The fourth-order valence-corrected chi connectivity index (χ4v) is 2.25. The summed E-state index contributed by atoms with van der Waals surface area (Å²) < 4.78 is 32.0. The maximum absolute atomic E-state index is 13.5. The Hall–Kier alpha value is -3.36. The van der Waals surface area contributed by atoms with Crippen molar-refractivity contribution in [3.05, 3.63) is 54.3 Å². The highest BCUT2D eigenvalue weighted by atomic mass is 19.2. The van der Waals surface area contributed by atoms with Crippen molar-refractivity contribution >= 4 is 16.7 Å². The summed E-state index contributed by atoms with van der Waals surface area (Å²) in [7, 11) is 0. The molecular weight excluding hydrogens is 318 g/mol. The lowest BCUT2D eigenvalue weighted by Gasteiger charge is -2.07. The molecule has 1 aromatic carbocycles. The molecule has 0 saturated carbocycles. The molecule has 0 spiro atoms. The zero-order valence-electron chi connectivity index (χ0n) is 12.1. The Labute approximate surface area is 133 Å². The molecule has 7 nitrogen and oxygen atoms in total. The summed E-state index contributed by atoms with van der Waals surface area (Å²) in [5.74, 6) is -0.0313. The van der Waals surface area contributed by atoms with Gasteiger partial charge >= 0.3 is 0 Å². The van der Waals surface area contributed by atoms with Crippen molar-refractivity contribution in [1.29, 1.82) is 0 Å². The highest BCUT2D eigenvalue weighted by Gasteiger charge is 2.11. The lowest BCUT2D eigenvalue weighted by atomic mass is 10.2. The minimum absolute atomic E-state index is 0.263. The van der Waals surface area contributed by atoms with Crippen LogP contribution in [-0.2, 0) is 6.54 Å². The molecule has 0 amide bonds. The third-order valence-corrected chi connectivity index (χ3v) is 3.37. The quantitative estimate of drug-likeness (QED) is 0.598. The maximum Gasteiger partial charge on any atom is 0.216 e. The number of aromatic amines is 1. The van der Waals surface area contributed by atoms with E-state index in [-0.39, 0.29) is 6.54 Å². The van der Waals surface area contributed by atoms with Crippen molar-refractivity contribution in [2.75, 3.05) is 5.32 Å². The summed E-state index contributed by atoms with van der Waals surface area (Å²) in [5, 5.41) is 10.2. The average Bonchev–Trinajstić information content (AvgIpc) is 3.25. The van der Waals surface area contributed by atoms with E-state index < -0.39 is 11.6 Å². The number of hydrogen-bond acceptors (Lipinski definition) is 6. The van der Waals surface area contributed by atoms with Gasteiger partial charge in [-0.2, -0.15) is 0 Å². The molecule has 0 radical (unpaired) electrons. The molecule has 4 aromatic rings. The number of hydrogen-bond donors (Lipinski definition) is 2. The van der Waals surface area contributed by atoms with Crippen LogP contribution in [0.4, 0.5) is 14.6 Å². The van der Waals surface area contributed by atoms with Gasteiger partial charge in [-0.3, -0.25) is 5.10 Å². The van der Waals surface area contributed by atoms with Gasteiger partial charge in [0, 0.05) is 11.5 Å². The van der Waals surface area contributed by atoms with Crippen LogP contribution in [-0.4, -0.2) is 25.1 Å². The van der Waals surface area contributed by atoms with Crippen molar-refractivity contribution < 1.29 is 13.2 Å². The minimum Gasteiger partial charge on any atom is -0.461 e. The molecule has 0 saturated heterocycles. The van der Waals surface area contributed by atoms with Gasteiger partial charge in [0.15, 0.2) is 17.4 Å². The molecule has 2 N–H and O–H groups in total. The number of halogens is 2. The van der Waals surface area contributed by atoms with E-state index in [1.165, 1.54) is 12.6 Å². The van der Waals surface area contributed by atoms with E-state index in [1.54, 1.807) is 12.1 Å². The number of nitrogens with zero attached hydrogens (tertiary/aromatic N) is 4. The molecule has 0 bridgehead atoms. The molecule has 9 heteroatoms. The number of furan rings is 1. The summed E-state index contributed by atoms with van der Waals surface area (Å²) in [6, 6.07) is 5.57. The van der Waals surface area contributed by atoms with Crippen molar-refractivity contribution in [3.63, 3.8) is 0 Å². The Bertz CT molecular complexity index is 999. The highest BCUT2D eigenvalue weighted by Crippen LogP contribution is 2.22. The van der Waals surface area contributed by atoms with Crippen LogP contribution in [0, 0.1) is 11.6 Å². The van der Waals surface area contributed by atoms with Crippen LogP contribution >= 0.6 is 0 Å². The molecule has 0 aliphatic rings. The molecular formula is C15H10F2N6O. The van der Waals surface area contributed by atoms with Crippen LogP contribution in [0.1, 0.15) is 5.82 Å². The second-order valence-electron chi connectivity index (χ2n) is 4.94. The first-order valence-corrected chi connectivity index (χ1v) is 6.99. The normalized spacial score (nSPS) is 11.1. The van der Waals surface area contributed by atoms with Crippen molar-refractivity contribution in [1.82, 2.24) is 25.1 Å². The van der Waals surface area contributed by atoms with E-state index in [1.807, 2.05) is 0 Å². The van der Waals surface area contributed by atoms with Gasteiger partial charge in [-0.25, -0.2) is 23.7 Å². The van der Waals surface area contributed by atoms with E-state index in [9.17, 15) is 8.78 Å². The van der Waals surface area contributed by atoms with Gasteiger partial charge in [0.05, 0.1) is 18.3 Å². The van der Waals surface area contributed by atoms with Crippen LogP contribution in [0.15, 0.2) is 41.3 Å². The Morgan fingerprint density at radius 3 is 2.88 bits per heavy atom. The predicted molar refractivity (Wildman–Crippen MR) is 80.9 cm³/mol. The van der Waals surface area contributed by atoms with Gasteiger partial charge in [-0.05, 0) is 18.2 Å². The largest absolute Gasteiger partial charge is 0.461 e. The zero-order valence-corrected chi connectivity index (χ0v) is 12.1. The summed E-state index contributed by atoms with van der Waals surface area (Å²) in [4.78, 5) is 12.3. The number of anilines is 1. The Morgan fingerprint density at radius 2 is 2.04 bits per heavy atom. The highest BCUT2D eigenvalue weighted by molar-refractivity contribution is 5.88. The molecule has 0 aliphatic carbocycles. The topological polar surface area (TPSA) is 92.5 Å². The van der Waals surface area contributed by atoms with E-state index in [4.69, 9.17) is 4.42 Å². The minimum atomic E-state index is -0.958. The van der Waals surface area contributed by atoms with E-state index in [0.717, 1.165) is 12.1 Å². The van der Waals surface area contributed by atoms with Crippen LogP contribution < -0.4 is 5.32 Å². The van der Waals surface area contributed by atoms with Gasteiger partial charge in [0.25, 0.3) is 0 Å².